The maximum atomic E-state index is 10.7. The van der Waals surface area contributed by atoms with Crippen molar-refractivity contribution in [1.82, 2.24) is 4.98 Å². The summed E-state index contributed by atoms with van der Waals surface area (Å²) in [5, 5.41) is 14.6. The Morgan fingerprint density at radius 2 is 2.21 bits per heavy atom. The first-order chi connectivity index (χ1) is 9.20. The second-order valence-electron chi connectivity index (χ2n) is 3.93. The van der Waals surface area contributed by atoms with Crippen LogP contribution in [-0.4, -0.2) is 16.5 Å². The fourth-order valence-electron chi connectivity index (χ4n) is 1.70. The highest BCUT2D eigenvalue weighted by atomic mass is 16.6. The van der Waals surface area contributed by atoms with Gasteiger partial charge in [-0.1, -0.05) is 0 Å². The summed E-state index contributed by atoms with van der Waals surface area (Å²) in [7, 11) is 0. The van der Waals surface area contributed by atoms with Gasteiger partial charge in [-0.2, -0.15) is 0 Å². The van der Waals surface area contributed by atoms with Crippen molar-refractivity contribution in [3.63, 3.8) is 0 Å². The smallest absolute Gasteiger partial charge is 0.270 e. The van der Waals surface area contributed by atoms with Crippen molar-refractivity contribution in [2.45, 2.75) is 13.3 Å². The van der Waals surface area contributed by atoms with Gasteiger partial charge in [0.2, 0.25) is 0 Å². The number of nitro benzene ring substituents is 1. The molecule has 1 aromatic heterocycles. The minimum absolute atomic E-state index is 0.0771. The van der Waals surface area contributed by atoms with Crippen LogP contribution in [0, 0.1) is 22.0 Å². The van der Waals surface area contributed by atoms with E-state index in [2.05, 4.69) is 22.1 Å². The third-order valence-electron chi connectivity index (χ3n) is 2.62. The Bertz CT molecular complexity index is 671. The van der Waals surface area contributed by atoms with Crippen molar-refractivity contribution in [3.8, 4) is 11.8 Å². The van der Waals surface area contributed by atoms with Crippen LogP contribution in [0.2, 0.25) is 0 Å². The predicted octanol–water partition coefficient (Wildman–Crippen LogP) is 2.97. The molecule has 0 bridgehead atoms. The van der Waals surface area contributed by atoms with E-state index in [1.165, 1.54) is 12.1 Å². The number of fused-ring (bicyclic) bond motifs is 1. The zero-order valence-electron chi connectivity index (χ0n) is 10.5. The highest BCUT2D eigenvalue weighted by Gasteiger charge is 2.06. The van der Waals surface area contributed by atoms with Gasteiger partial charge >= 0.3 is 0 Å². The van der Waals surface area contributed by atoms with Crippen LogP contribution < -0.4 is 5.32 Å². The van der Waals surface area contributed by atoms with E-state index in [4.69, 9.17) is 0 Å². The summed E-state index contributed by atoms with van der Waals surface area (Å²) in [6.07, 6.45) is 0.760. The van der Waals surface area contributed by atoms with Crippen molar-refractivity contribution in [3.05, 3.63) is 40.4 Å². The summed E-state index contributed by atoms with van der Waals surface area (Å²) in [5.41, 5.74) is 0.811. The van der Waals surface area contributed by atoms with E-state index in [-0.39, 0.29) is 5.69 Å². The van der Waals surface area contributed by atoms with Gasteiger partial charge in [-0.05, 0) is 25.1 Å². The van der Waals surface area contributed by atoms with Crippen molar-refractivity contribution >= 4 is 22.4 Å². The molecule has 0 atom stereocenters. The lowest BCUT2D eigenvalue weighted by atomic mass is 10.2. The van der Waals surface area contributed by atoms with Gasteiger partial charge in [0, 0.05) is 30.5 Å². The van der Waals surface area contributed by atoms with Crippen LogP contribution in [-0.2, 0) is 0 Å². The van der Waals surface area contributed by atoms with E-state index in [1.807, 2.05) is 12.1 Å². The molecule has 0 amide bonds. The molecule has 0 aliphatic rings. The standard InChI is InChI=1S/C14H13N3O2/c1-2-3-4-9-15-14-8-5-11-10-12(17(18)19)6-7-13(11)16-14/h5-8,10H,4,9H2,1H3,(H,15,16). The van der Waals surface area contributed by atoms with Crippen molar-refractivity contribution in [1.29, 1.82) is 0 Å². The molecule has 1 N–H and O–H groups in total. The summed E-state index contributed by atoms with van der Waals surface area (Å²) in [5.74, 6) is 6.54. The molecule has 0 saturated heterocycles. The molecular formula is C14H13N3O2. The summed E-state index contributed by atoms with van der Waals surface area (Å²) < 4.78 is 0. The zero-order chi connectivity index (χ0) is 13.7. The lowest BCUT2D eigenvalue weighted by molar-refractivity contribution is -0.384. The van der Waals surface area contributed by atoms with Gasteiger partial charge in [-0.25, -0.2) is 4.98 Å². The Balaban J connectivity index is 2.18. The van der Waals surface area contributed by atoms with Gasteiger partial charge < -0.3 is 5.32 Å². The van der Waals surface area contributed by atoms with E-state index >= 15 is 0 Å². The first-order valence-corrected chi connectivity index (χ1v) is 5.89. The largest absolute Gasteiger partial charge is 0.369 e. The second-order valence-corrected chi connectivity index (χ2v) is 3.93. The van der Waals surface area contributed by atoms with Crippen LogP contribution in [0.3, 0.4) is 0 Å². The van der Waals surface area contributed by atoms with Crippen LogP contribution in [0.1, 0.15) is 13.3 Å². The van der Waals surface area contributed by atoms with Gasteiger partial charge in [0.15, 0.2) is 0 Å². The zero-order valence-corrected chi connectivity index (χ0v) is 10.5. The number of nitro groups is 1. The number of benzene rings is 1. The van der Waals surface area contributed by atoms with Gasteiger partial charge in [-0.3, -0.25) is 10.1 Å². The molecule has 0 aliphatic carbocycles. The van der Waals surface area contributed by atoms with Gasteiger partial charge in [0.05, 0.1) is 10.4 Å². The fourth-order valence-corrected chi connectivity index (χ4v) is 1.70. The SMILES string of the molecule is CC#CCCNc1ccc2cc([N+](=O)[O-])ccc2n1. The molecule has 5 heteroatoms. The molecule has 1 heterocycles. The Hall–Kier alpha value is -2.61. The average molecular weight is 255 g/mol. The molecule has 5 nitrogen and oxygen atoms in total. The molecular weight excluding hydrogens is 242 g/mol. The number of nitrogens with zero attached hydrogens (tertiary/aromatic N) is 2. The van der Waals surface area contributed by atoms with E-state index in [0.717, 1.165) is 29.7 Å². The number of aromatic nitrogens is 1. The van der Waals surface area contributed by atoms with Crippen molar-refractivity contribution in [2.75, 3.05) is 11.9 Å². The van der Waals surface area contributed by atoms with E-state index in [9.17, 15) is 10.1 Å². The Kier molecular flexibility index (Phi) is 3.94. The molecule has 2 rings (SSSR count). The Labute approximate surface area is 110 Å². The number of nitrogens with one attached hydrogen (secondary N) is 1. The molecule has 1 aromatic carbocycles. The highest BCUT2D eigenvalue weighted by molar-refractivity contribution is 5.82. The number of hydrogen-bond donors (Lipinski definition) is 1. The predicted molar refractivity (Wildman–Crippen MR) is 75.0 cm³/mol. The van der Waals surface area contributed by atoms with E-state index < -0.39 is 4.92 Å². The maximum absolute atomic E-state index is 10.7. The van der Waals surface area contributed by atoms with E-state index in [1.54, 1.807) is 13.0 Å². The summed E-state index contributed by atoms with van der Waals surface area (Å²) in [4.78, 5) is 14.7. The average Bonchev–Trinajstić information content (AvgIpc) is 2.43. The van der Waals surface area contributed by atoms with Gasteiger partial charge in [0.25, 0.3) is 5.69 Å². The monoisotopic (exact) mass is 255 g/mol. The minimum atomic E-state index is -0.408. The molecule has 19 heavy (non-hydrogen) atoms. The number of hydrogen-bond acceptors (Lipinski definition) is 4. The van der Waals surface area contributed by atoms with Crippen LogP contribution >= 0.6 is 0 Å². The molecule has 0 saturated carbocycles. The van der Waals surface area contributed by atoms with Crippen molar-refractivity contribution < 1.29 is 4.92 Å². The highest BCUT2D eigenvalue weighted by Crippen LogP contribution is 2.20. The molecule has 0 aliphatic heterocycles. The van der Waals surface area contributed by atoms with Crippen LogP contribution in [0.5, 0.6) is 0 Å². The van der Waals surface area contributed by atoms with Crippen LogP contribution in [0.15, 0.2) is 30.3 Å². The lowest BCUT2D eigenvalue weighted by Crippen LogP contribution is -2.02. The summed E-state index contributed by atoms with van der Waals surface area (Å²) >= 11 is 0. The maximum Gasteiger partial charge on any atom is 0.270 e. The van der Waals surface area contributed by atoms with E-state index in [0.29, 0.717) is 0 Å². The molecule has 2 aromatic rings. The van der Waals surface area contributed by atoms with Gasteiger partial charge in [0.1, 0.15) is 5.82 Å². The Morgan fingerprint density at radius 3 is 2.95 bits per heavy atom. The molecule has 0 unspecified atom stereocenters. The molecule has 0 radical (unpaired) electrons. The van der Waals surface area contributed by atoms with Crippen LogP contribution in [0.4, 0.5) is 11.5 Å². The van der Waals surface area contributed by atoms with Gasteiger partial charge in [-0.15, -0.1) is 11.8 Å². The Morgan fingerprint density at radius 1 is 1.37 bits per heavy atom. The number of pyridine rings is 1. The first-order valence-electron chi connectivity index (χ1n) is 5.89. The summed E-state index contributed by atoms with van der Waals surface area (Å²) in [6, 6.07) is 8.27. The minimum Gasteiger partial charge on any atom is -0.369 e. The number of rotatable bonds is 4. The lowest BCUT2D eigenvalue weighted by Gasteiger charge is -2.04. The normalized spacial score (nSPS) is 9.74. The number of anilines is 1. The molecule has 0 spiro atoms. The molecule has 96 valence electrons. The van der Waals surface area contributed by atoms with Crippen LogP contribution in [0.25, 0.3) is 10.9 Å². The second kappa shape index (κ2) is 5.83. The summed E-state index contributed by atoms with van der Waals surface area (Å²) in [6.45, 7) is 2.54. The third-order valence-corrected chi connectivity index (χ3v) is 2.62. The van der Waals surface area contributed by atoms with Crippen molar-refractivity contribution in [2.24, 2.45) is 0 Å². The fraction of sp³-hybridized carbons (Fsp3) is 0.214. The first kappa shape index (κ1) is 12.8. The number of non-ortho nitro benzene ring substituents is 1. The molecule has 0 fully saturated rings. The topological polar surface area (TPSA) is 68.1 Å². The quantitative estimate of drug-likeness (QED) is 0.394. The third kappa shape index (κ3) is 3.19.